The zero-order valence-electron chi connectivity index (χ0n) is 15.9. The first-order chi connectivity index (χ1) is 13.5. The molecule has 1 aromatic heterocycles. The normalized spacial score (nSPS) is 10.7. The average molecular weight is 394 g/mol. The van der Waals surface area contributed by atoms with Crippen LogP contribution in [0.3, 0.4) is 0 Å². The summed E-state index contributed by atoms with van der Waals surface area (Å²) in [5.74, 6) is -0.293. The maximum Gasteiger partial charge on any atom is 0.265 e. The minimum Gasteiger partial charge on any atom is -0.348 e. The van der Waals surface area contributed by atoms with Crippen LogP contribution < -0.4 is 10.6 Å². The first-order valence-corrected chi connectivity index (χ1v) is 9.85. The summed E-state index contributed by atoms with van der Waals surface area (Å²) in [4.78, 5) is 27.2. The fourth-order valence-electron chi connectivity index (χ4n) is 2.72. The molecule has 0 saturated carbocycles. The number of carbonyl (C=O) groups is 2. The van der Waals surface area contributed by atoms with E-state index in [9.17, 15) is 9.59 Å². The smallest absolute Gasteiger partial charge is 0.265 e. The van der Waals surface area contributed by atoms with E-state index in [0.29, 0.717) is 22.7 Å². The molecular formula is C22H23N3O2S. The van der Waals surface area contributed by atoms with Gasteiger partial charge in [0.15, 0.2) is 0 Å². The molecule has 6 heteroatoms. The molecule has 3 rings (SSSR count). The van der Waals surface area contributed by atoms with Crippen molar-refractivity contribution in [1.29, 1.82) is 0 Å². The third kappa shape index (κ3) is 5.52. The maximum atomic E-state index is 12.3. The highest BCUT2D eigenvalue weighted by atomic mass is 32.1. The maximum absolute atomic E-state index is 12.3. The molecule has 0 unspecified atom stereocenters. The van der Waals surface area contributed by atoms with Gasteiger partial charge in [0.1, 0.15) is 0 Å². The number of rotatable bonds is 7. The Labute approximate surface area is 169 Å². The molecule has 2 N–H and O–H groups in total. The molecule has 1 heterocycles. The van der Waals surface area contributed by atoms with Crippen LogP contribution >= 0.6 is 11.3 Å². The zero-order chi connectivity index (χ0) is 19.9. The first-order valence-electron chi connectivity index (χ1n) is 8.97. The molecule has 0 aliphatic rings. The Morgan fingerprint density at radius 1 is 0.893 bits per heavy atom. The third-order valence-electron chi connectivity index (χ3n) is 4.12. The van der Waals surface area contributed by atoms with E-state index in [1.54, 1.807) is 30.3 Å². The van der Waals surface area contributed by atoms with Gasteiger partial charge in [0.05, 0.1) is 4.88 Å². The minimum atomic E-state index is -0.148. The lowest BCUT2D eigenvalue weighted by Crippen LogP contribution is -2.22. The summed E-state index contributed by atoms with van der Waals surface area (Å²) >= 11 is 1.39. The second-order valence-electron chi connectivity index (χ2n) is 6.75. The van der Waals surface area contributed by atoms with Crippen molar-refractivity contribution >= 4 is 28.8 Å². The van der Waals surface area contributed by atoms with Crippen molar-refractivity contribution in [2.75, 3.05) is 19.4 Å². The zero-order valence-corrected chi connectivity index (χ0v) is 16.8. The van der Waals surface area contributed by atoms with E-state index in [4.69, 9.17) is 0 Å². The quantitative estimate of drug-likeness (QED) is 0.638. The molecule has 5 nitrogen and oxygen atoms in total. The molecule has 0 aliphatic carbocycles. The van der Waals surface area contributed by atoms with Gasteiger partial charge >= 0.3 is 0 Å². The highest BCUT2D eigenvalue weighted by Crippen LogP contribution is 2.14. The number of anilines is 1. The Balaban J connectivity index is 1.52. The van der Waals surface area contributed by atoms with Gasteiger partial charge in [0.2, 0.25) is 0 Å². The van der Waals surface area contributed by atoms with Gasteiger partial charge in [-0.15, -0.1) is 11.3 Å². The summed E-state index contributed by atoms with van der Waals surface area (Å²) in [5, 5.41) is 7.61. The summed E-state index contributed by atoms with van der Waals surface area (Å²) in [6, 6.07) is 18.7. The lowest BCUT2D eigenvalue weighted by molar-refractivity contribution is 0.0950. The molecule has 0 aliphatic heterocycles. The fraction of sp³-hybridized carbons (Fsp3) is 0.182. The molecule has 2 aromatic carbocycles. The van der Waals surface area contributed by atoms with E-state index in [2.05, 4.69) is 27.7 Å². The number of benzene rings is 2. The highest BCUT2D eigenvalue weighted by molar-refractivity contribution is 7.12. The van der Waals surface area contributed by atoms with Gasteiger partial charge in [-0.25, -0.2) is 0 Å². The van der Waals surface area contributed by atoms with Gasteiger partial charge in [-0.2, -0.15) is 0 Å². The van der Waals surface area contributed by atoms with Crippen molar-refractivity contribution in [3.63, 3.8) is 0 Å². The van der Waals surface area contributed by atoms with E-state index in [-0.39, 0.29) is 11.8 Å². The van der Waals surface area contributed by atoms with Crippen LogP contribution in [0.15, 0.2) is 66.0 Å². The van der Waals surface area contributed by atoms with E-state index >= 15 is 0 Å². The molecule has 0 spiro atoms. The topological polar surface area (TPSA) is 61.4 Å². The van der Waals surface area contributed by atoms with Gasteiger partial charge < -0.3 is 15.5 Å². The molecule has 0 saturated heterocycles. The summed E-state index contributed by atoms with van der Waals surface area (Å²) in [6.45, 7) is 1.36. The van der Waals surface area contributed by atoms with Crippen molar-refractivity contribution in [1.82, 2.24) is 10.2 Å². The second-order valence-corrected chi connectivity index (χ2v) is 7.69. The average Bonchev–Trinajstić information content (AvgIpc) is 3.22. The summed E-state index contributed by atoms with van der Waals surface area (Å²) in [6.07, 6.45) is 0. The lowest BCUT2D eigenvalue weighted by atomic mass is 10.1. The van der Waals surface area contributed by atoms with Gasteiger partial charge in [-0.3, -0.25) is 9.59 Å². The number of hydrogen-bond donors (Lipinski definition) is 2. The number of carbonyl (C=O) groups excluding carboxylic acids is 2. The Kier molecular flexibility index (Phi) is 6.57. The molecule has 2 amide bonds. The summed E-state index contributed by atoms with van der Waals surface area (Å²) in [7, 11) is 4.07. The van der Waals surface area contributed by atoms with Crippen LogP contribution in [0, 0.1) is 0 Å². The van der Waals surface area contributed by atoms with Crippen molar-refractivity contribution in [3.05, 3.63) is 87.6 Å². The number of nitrogens with one attached hydrogen (secondary N) is 2. The van der Waals surface area contributed by atoms with Crippen molar-refractivity contribution in [3.8, 4) is 0 Å². The van der Waals surface area contributed by atoms with E-state index < -0.39 is 0 Å². The van der Waals surface area contributed by atoms with Crippen molar-refractivity contribution < 1.29 is 9.59 Å². The van der Waals surface area contributed by atoms with E-state index in [1.165, 1.54) is 16.9 Å². The number of amides is 2. The molecule has 28 heavy (non-hydrogen) atoms. The van der Waals surface area contributed by atoms with Crippen LogP contribution in [0.5, 0.6) is 0 Å². The molecule has 0 fully saturated rings. The summed E-state index contributed by atoms with van der Waals surface area (Å²) < 4.78 is 0. The van der Waals surface area contributed by atoms with Crippen LogP contribution in [0.1, 0.15) is 31.2 Å². The van der Waals surface area contributed by atoms with Gasteiger partial charge in [-0.05, 0) is 60.9 Å². The minimum absolute atomic E-state index is 0.145. The first kappa shape index (κ1) is 19.8. The van der Waals surface area contributed by atoms with E-state index in [1.807, 2.05) is 37.7 Å². The van der Waals surface area contributed by atoms with Crippen LogP contribution in [0.25, 0.3) is 0 Å². The Morgan fingerprint density at radius 3 is 2.18 bits per heavy atom. The third-order valence-corrected chi connectivity index (χ3v) is 4.99. The number of nitrogens with zero attached hydrogens (tertiary/aromatic N) is 1. The Bertz CT molecular complexity index is 917. The second kappa shape index (κ2) is 9.30. The van der Waals surface area contributed by atoms with Crippen LogP contribution in [0.4, 0.5) is 5.69 Å². The van der Waals surface area contributed by atoms with Crippen LogP contribution in [-0.4, -0.2) is 30.8 Å². The molecular weight excluding hydrogens is 370 g/mol. The Morgan fingerprint density at radius 2 is 1.57 bits per heavy atom. The monoisotopic (exact) mass is 393 g/mol. The molecule has 0 radical (unpaired) electrons. The highest BCUT2D eigenvalue weighted by Gasteiger charge is 2.09. The lowest BCUT2D eigenvalue weighted by Gasteiger charge is -2.11. The number of hydrogen-bond acceptors (Lipinski definition) is 4. The number of thiophene rings is 1. The van der Waals surface area contributed by atoms with Crippen LogP contribution in [-0.2, 0) is 13.1 Å². The molecule has 3 aromatic rings. The fourth-order valence-corrected chi connectivity index (χ4v) is 3.34. The SMILES string of the molecule is CN(C)Cc1ccc(CNC(=O)c2ccc(NC(=O)c3cccs3)cc2)cc1. The molecule has 144 valence electrons. The van der Waals surface area contributed by atoms with Gasteiger partial charge in [0, 0.05) is 24.3 Å². The van der Waals surface area contributed by atoms with E-state index in [0.717, 1.165) is 12.1 Å². The standard InChI is InChI=1S/C22H23N3O2S/c1-25(2)15-17-7-5-16(6-8-17)14-23-21(26)18-9-11-19(12-10-18)24-22(27)20-4-3-13-28-20/h3-13H,14-15H2,1-2H3,(H,23,26)(H,24,27). The van der Waals surface area contributed by atoms with Crippen molar-refractivity contribution in [2.24, 2.45) is 0 Å². The Hall–Kier alpha value is -2.96. The summed E-state index contributed by atoms with van der Waals surface area (Å²) in [5.41, 5.74) is 3.50. The van der Waals surface area contributed by atoms with Crippen LogP contribution in [0.2, 0.25) is 0 Å². The molecule has 0 atom stereocenters. The van der Waals surface area contributed by atoms with Gasteiger partial charge in [-0.1, -0.05) is 30.3 Å². The van der Waals surface area contributed by atoms with Gasteiger partial charge in [0.25, 0.3) is 11.8 Å². The predicted molar refractivity (Wildman–Crippen MR) is 114 cm³/mol. The predicted octanol–water partition coefficient (Wildman–Crippen LogP) is 3.99. The largest absolute Gasteiger partial charge is 0.348 e. The molecule has 0 bridgehead atoms. The van der Waals surface area contributed by atoms with Crippen molar-refractivity contribution in [2.45, 2.75) is 13.1 Å².